The van der Waals surface area contributed by atoms with Crippen molar-refractivity contribution in [1.82, 2.24) is 20.0 Å². The summed E-state index contributed by atoms with van der Waals surface area (Å²) in [5.41, 5.74) is -0.127. The molecule has 0 spiro atoms. The Hall–Kier alpha value is -3.47. The minimum absolute atomic E-state index is 0.159. The van der Waals surface area contributed by atoms with Crippen molar-refractivity contribution in [2.75, 3.05) is 46.4 Å². The molecule has 11 heteroatoms. The summed E-state index contributed by atoms with van der Waals surface area (Å²) in [5, 5.41) is 2.24. The van der Waals surface area contributed by atoms with Crippen LogP contribution >= 0.6 is 0 Å². The fourth-order valence-corrected chi connectivity index (χ4v) is 4.59. The van der Waals surface area contributed by atoms with E-state index in [1.165, 1.54) is 24.1 Å². The molecule has 2 aliphatic rings. The first-order chi connectivity index (χ1) is 18.5. The molecule has 2 heterocycles. The number of hydrogen-bond donors (Lipinski definition) is 1. The van der Waals surface area contributed by atoms with Gasteiger partial charge in [0, 0.05) is 45.2 Å². The smallest absolute Gasteiger partial charge is 0.410 e. The van der Waals surface area contributed by atoms with Crippen molar-refractivity contribution >= 4 is 30.1 Å². The second-order valence-electron chi connectivity index (χ2n) is 11.0. The lowest BCUT2D eigenvalue weighted by Crippen LogP contribution is -2.53. The van der Waals surface area contributed by atoms with Crippen LogP contribution in [0.5, 0.6) is 5.75 Å². The number of piperazine rings is 1. The van der Waals surface area contributed by atoms with E-state index in [-0.39, 0.29) is 36.0 Å². The van der Waals surface area contributed by atoms with Crippen molar-refractivity contribution in [3.63, 3.8) is 0 Å². The molecular formula is C28H40N4O7. The number of ether oxygens (including phenoxy) is 2. The first-order valence-corrected chi connectivity index (χ1v) is 13.5. The number of unbranched alkanes of at least 4 members (excludes halogenated alkanes) is 2. The number of aldehydes is 1. The van der Waals surface area contributed by atoms with Gasteiger partial charge in [-0.3, -0.25) is 29.4 Å². The molecule has 4 amide bonds. The molecule has 1 atom stereocenters. The van der Waals surface area contributed by atoms with Gasteiger partial charge in [0.05, 0.1) is 12.2 Å². The maximum Gasteiger partial charge on any atom is 0.410 e. The number of nitrogens with one attached hydrogen (secondary N) is 1. The van der Waals surface area contributed by atoms with Crippen LogP contribution in [0.1, 0.15) is 73.6 Å². The molecule has 0 aromatic heterocycles. The Morgan fingerprint density at radius 2 is 1.82 bits per heavy atom. The van der Waals surface area contributed by atoms with Gasteiger partial charge in [-0.05, 0) is 71.2 Å². The van der Waals surface area contributed by atoms with Gasteiger partial charge < -0.3 is 19.3 Å². The minimum Gasteiger partial charge on any atom is -0.494 e. The number of carbonyl (C=O) groups excluding carboxylic acids is 5. The van der Waals surface area contributed by atoms with Gasteiger partial charge in [0.2, 0.25) is 11.8 Å². The Morgan fingerprint density at radius 1 is 1.10 bits per heavy atom. The number of nitrogens with zero attached hydrogens (tertiary/aromatic N) is 3. The van der Waals surface area contributed by atoms with E-state index in [0.29, 0.717) is 31.7 Å². The second-order valence-corrected chi connectivity index (χ2v) is 11.0. The summed E-state index contributed by atoms with van der Waals surface area (Å²) in [7, 11) is 1.49. The van der Waals surface area contributed by atoms with Crippen LogP contribution in [0.2, 0.25) is 0 Å². The summed E-state index contributed by atoms with van der Waals surface area (Å²) in [6, 6.07) is 3.94. The molecular weight excluding hydrogens is 504 g/mol. The molecule has 214 valence electrons. The largest absolute Gasteiger partial charge is 0.494 e. The zero-order chi connectivity index (χ0) is 28.6. The normalized spacial score (nSPS) is 18.4. The summed E-state index contributed by atoms with van der Waals surface area (Å²) in [5.74, 6) is -0.844. The molecule has 0 radical (unpaired) electrons. The van der Waals surface area contributed by atoms with Gasteiger partial charge >= 0.3 is 6.09 Å². The number of carbonyl (C=O) groups is 5. The third-order valence-electron chi connectivity index (χ3n) is 6.79. The molecule has 1 unspecified atom stereocenters. The van der Waals surface area contributed by atoms with Gasteiger partial charge in [0.25, 0.3) is 5.91 Å². The van der Waals surface area contributed by atoms with Crippen LogP contribution in [0, 0.1) is 0 Å². The van der Waals surface area contributed by atoms with Gasteiger partial charge in [-0.1, -0.05) is 0 Å². The quantitative estimate of drug-likeness (QED) is 0.271. The molecule has 39 heavy (non-hydrogen) atoms. The van der Waals surface area contributed by atoms with Crippen LogP contribution in [-0.4, -0.2) is 103 Å². The Balaban J connectivity index is 1.37. The van der Waals surface area contributed by atoms with Crippen molar-refractivity contribution in [1.29, 1.82) is 0 Å². The highest BCUT2D eigenvalue weighted by Gasteiger charge is 2.33. The number of benzene rings is 1. The van der Waals surface area contributed by atoms with Crippen LogP contribution in [0.3, 0.4) is 0 Å². The molecule has 11 nitrogen and oxygen atoms in total. The molecule has 1 aromatic rings. The highest BCUT2D eigenvalue weighted by Crippen LogP contribution is 2.21. The Kier molecular flexibility index (Phi) is 10.4. The van der Waals surface area contributed by atoms with Crippen LogP contribution in [0.15, 0.2) is 18.2 Å². The molecule has 0 bridgehead atoms. The molecule has 2 saturated heterocycles. The van der Waals surface area contributed by atoms with Crippen LogP contribution in [-0.2, 0) is 14.3 Å². The Morgan fingerprint density at radius 3 is 2.46 bits per heavy atom. The number of amides is 4. The average molecular weight is 545 g/mol. The molecule has 2 fully saturated rings. The lowest BCUT2D eigenvalue weighted by molar-refractivity contribution is -0.136. The van der Waals surface area contributed by atoms with Gasteiger partial charge in [0.1, 0.15) is 17.4 Å². The van der Waals surface area contributed by atoms with Crippen molar-refractivity contribution in [3.8, 4) is 5.75 Å². The maximum atomic E-state index is 13.0. The molecule has 0 aliphatic carbocycles. The Bertz CT molecular complexity index is 1060. The first kappa shape index (κ1) is 30.1. The third kappa shape index (κ3) is 8.77. The van der Waals surface area contributed by atoms with Crippen molar-refractivity contribution in [2.45, 2.75) is 64.5 Å². The topological polar surface area (TPSA) is 126 Å². The van der Waals surface area contributed by atoms with E-state index in [1.54, 1.807) is 11.0 Å². The SMILES string of the molecule is CN(C(=O)c1ccc(OCCCCCN2CCN(C(=O)OC(C)(C)C)CC2)cc1C=O)C1CCC(=O)NC1=O. The third-order valence-corrected chi connectivity index (χ3v) is 6.79. The molecule has 1 aromatic carbocycles. The van der Waals surface area contributed by atoms with Crippen LogP contribution in [0.4, 0.5) is 4.79 Å². The highest BCUT2D eigenvalue weighted by molar-refractivity contribution is 6.06. The van der Waals surface area contributed by atoms with E-state index in [0.717, 1.165) is 38.9 Å². The van der Waals surface area contributed by atoms with Crippen LogP contribution in [0.25, 0.3) is 0 Å². The van der Waals surface area contributed by atoms with Gasteiger partial charge in [-0.25, -0.2) is 4.79 Å². The van der Waals surface area contributed by atoms with Gasteiger partial charge in [-0.15, -0.1) is 0 Å². The van der Waals surface area contributed by atoms with E-state index in [1.807, 2.05) is 20.8 Å². The average Bonchev–Trinajstić information content (AvgIpc) is 2.89. The summed E-state index contributed by atoms with van der Waals surface area (Å²) >= 11 is 0. The summed E-state index contributed by atoms with van der Waals surface area (Å²) in [6.07, 6.45) is 3.57. The maximum absolute atomic E-state index is 13.0. The van der Waals surface area contributed by atoms with Crippen molar-refractivity contribution < 1.29 is 33.4 Å². The van der Waals surface area contributed by atoms with E-state index in [4.69, 9.17) is 9.47 Å². The molecule has 2 aliphatic heterocycles. The van der Waals surface area contributed by atoms with E-state index in [2.05, 4.69) is 10.2 Å². The molecule has 3 rings (SSSR count). The zero-order valence-corrected chi connectivity index (χ0v) is 23.4. The minimum atomic E-state index is -0.764. The lowest BCUT2D eigenvalue weighted by Gasteiger charge is -2.35. The van der Waals surface area contributed by atoms with Crippen LogP contribution < -0.4 is 10.1 Å². The van der Waals surface area contributed by atoms with Gasteiger partial charge in [0.15, 0.2) is 6.29 Å². The summed E-state index contributed by atoms with van der Waals surface area (Å²) < 4.78 is 11.2. The first-order valence-electron chi connectivity index (χ1n) is 13.5. The van der Waals surface area contributed by atoms with E-state index in [9.17, 15) is 24.0 Å². The van der Waals surface area contributed by atoms with Gasteiger partial charge in [-0.2, -0.15) is 0 Å². The summed E-state index contributed by atoms with van der Waals surface area (Å²) in [4.78, 5) is 65.7. The highest BCUT2D eigenvalue weighted by atomic mass is 16.6. The molecule has 0 saturated carbocycles. The predicted octanol–water partition coefficient (Wildman–Crippen LogP) is 2.48. The standard InChI is InChI=1S/C28H40N4O7/c1-28(2,3)39-27(37)32-15-13-31(14-16-32)12-6-5-7-17-38-21-8-9-22(20(18-21)19-33)26(36)30(4)23-10-11-24(34)29-25(23)35/h8-9,18-19,23H,5-7,10-17H2,1-4H3,(H,29,34,35). The number of rotatable bonds is 10. The second kappa shape index (κ2) is 13.5. The van der Waals surface area contributed by atoms with Crippen molar-refractivity contribution in [2.24, 2.45) is 0 Å². The van der Waals surface area contributed by atoms with Crippen molar-refractivity contribution in [3.05, 3.63) is 29.3 Å². The fourth-order valence-electron chi connectivity index (χ4n) is 4.59. The van der Waals surface area contributed by atoms with E-state index >= 15 is 0 Å². The lowest BCUT2D eigenvalue weighted by atomic mass is 10.0. The molecule has 1 N–H and O–H groups in total. The number of hydrogen-bond acceptors (Lipinski definition) is 8. The monoisotopic (exact) mass is 544 g/mol. The number of imide groups is 1. The summed E-state index contributed by atoms with van der Waals surface area (Å²) in [6.45, 7) is 10.0. The fraction of sp³-hybridized carbons (Fsp3) is 0.607. The number of likely N-dealkylation sites (N-methyl/N-ethyl adjacent to an activating group) is 1. The van der Waals surface area contributed by atoms with E-state index < -0.39 is 23.5 Å². The predicted molar refractivity (Wildman–Crippen MR) is 144 cm³/mol. The Labute approximate surface area is 229 Å². The zero-order valence-electron chi connectivity index (χ0n) is 23.4. The number of piperidine rings is 1.